The van der Waals surface area contributed by atoms with Crippen molar-refractivity contribution in [2.75, 3.05) is 26.2 Å². The summed E-state index contributed by atoms with van der Waals surface area (Å²) in [6, 6.07) is -0.199. The van der Waals surface area contributed by atoms with Crippen molar-refractivity contribution in [2.45, 2.75) is 64.0 Å². The molecule has 2 amide bonds. The largest absolute Gasteiger partial charge is 0.391 e. The standard InChI is InChI=1S/C16H31N3O2/c1-13-6-4-10-19(12-13)11-5-9-17-16(21)18-14-7-2-3-8-15(14)20/h13-15,20H,2-12H2,1H3,(H2,17,18,21). The molecule has 21 heavy (non-hydrogen) atoms. The van der Waals surface area contributed by atoms with Gasteiger partial charge in [0.05, 0.1) is 12.1 Å². The molecule has 5 nitrogen and oxygen atoms in total. The third-order valence-electron chi connectivity index (χ3n) is 4.72. The van der Waals surface area contributed by atoms with Crippen LogP contribution < -0.4 is 10.6 Å². The highest BCUT2D eigenvalue weighted by Gasteiger charge is 2.24. The highest BCUT2D eigenvalue weighted by atomic mass is 16.3. The Kier molecular flexibility index (Phi) is 6.77. The number of rotatable bonds is 5. The lowest BCUT2D eigenvalue weighted by Crippen LogP contribution is -2.49. The summed E-state index contributed by atoms with van der Waals surface area (Å²) in [5.74, 6) is 0.808. The number of carbonyl (C=O) groups is 1. The first-order valence-corrected chi connectivity index (χ1v) is 8.60. The summed E-state index contributed by atoms with van der Waals surface area (Å²) in [5.41, 5.74) is 0. The van der Waals surface area contributed by atoms with Gasteiger partial charge in [-0.25, -0.2) is 4.79 Å². The minimum absolute atomic E-state index is 0.0679. The lowest BCUT2D eigenvalue weighted by molar-refractivity contribution is 0.0943. The summed E-state index contributed by atoms with van der Waals surface area (Å²) in [7, 11) is 0. The lowest BCUT2D eigenvalue weighted by atomic mass is 9.93. The summed E-state index contributed by atoms with van der Waals surface area (Å²) < 4.78 is 0. The van der Waals surface area contributed by atoms with Crippen LogP contribution >= 0.6 is 0 Å². The van der Waals surface area contributed by atoms with Crippen molar-refractivity contribution >= 4 is 6.03 Å². The lowest BCUT2D eigenvalue weighted by Gasteiger charge is -2.31. The molecule has 0 spiro atoms. The number of amides is 2. The van der Waals surface area contributed by atoms with Crippen LogP contribution in [-0.2, 0) is 0 Å². The second-order valence-electron chi connectivity index (χ2n) is 6.76. The van der Waals surface area contributed by atoms with Gasteiger partial charge in [-0.05, 0) is 51.1 Å². The summed E-state index contributed by atoms with van der Waals surface area (Å²) in [6.45, 7) is 6.48. The van der Waals surface area contributed by atoms with Gasteiger partial charge in [-0.15, -0.1) is 0 Å². The van der Waals surface area contributed by atoms with E-state index >= 15 is 0 Å². The van der Waals surface area contributed by atoms with Crippen molar-refractivity contribution in [1.29, 1.82) is 0 Å². The molecule has 5 heteroatoms. The van der Waals surface area contributed by atoms with E-state index < -0.39 is 0 Å². The second kappa shape index (κ2) is 8.59. The quantitative estimate of drug-likeness (QED) is 0.677. The summed E-state index contributed by atoms with van der Waals surface area (Å²) in [6.07, 6.45) is 7.12. The van der Waals surface area contributed by atoms with E-state index in [0.717, 1.165) is 44.6 Å². The number of carbonyl (C=O) groups excluding carboxylic acids is 1. The predicted octanol–water partition coefficient (Wildman–Crippen LogP) is 1.71. The van der Waals surface area contributed by atoms with Crippen molar-refractivity contribution in [2.24, 2.45) is 5.92 Å². The number of likely N-dealkylation sites (tertiary alicyclic amines) is 1. The van der Waals surface area contributed by atoms with Gasteiger partial charge in [0.15, 0.2) is 0 Å². The highest BCUT2D eigenvalue weighted by Crippen LogP contribution is 2.18. The van der Waals surface area contributed by atoms with Gasteiger partial charge in [0.2, 0.25) is 0 Å². The maximum absolute atomic E-state index is 11.8. The third-order valence-corrected chi connectivity index (χ3v) is 4.72. The highest BCUT2D eigenvalue weighted by molar-refractivity contribution is 5.74. The van der Waals surface area contributed by atoms with Gasteiger partial charge in [0.1, 0.15) is 0 Å². The fourth-order valence-electron chi connectivity index (χ4n) is 3.49. The fraction of sp³-hybridized carbons (Fsp3) is 0.938. The zero-order chi connectivity index (χ0) is 15.1. The van der Waals surface area contributed by atoms with Crippen LogP contribution in [0.25, 0.3) is 0 Å². The number of nitrogens with zero attached hydrogens (tertiary/aromatic N) is 1. The van der Waals surface area contributed by atoms with Crippen LogP contribution in [0.2, 0.25) is 0 Å². The molecular weight excluding hydrogens is 266 g/mol. The van der Waals surface area contributed by atoms with Gasteiger partial charge in [-0.1, -0.05) is 19.8 Å². The van der Waals surface area contributed by atoms with Gasteiger partial charge in [0, 0.05) is 13.1 Å². The maximum Gasteiger partial charge on any atom is 0.315 e. The molecule has 0 aromatic rings. The number of urea groups is 1. The van der Waals surface area contributed by atoms with E-state index in [2.05, 4.69) is 22.5 Å². The average molecular weight is 297 g/mol. The fourth-order valence-corrected chi connectivity index (χ4v) is 3.49. The first kappa shape index (κ1) is 16.6. The SMILES string of the molecule is CC1CCCN(CCCNC(=O)NC2CCCCC2O)C1. The van der Waals surface area contributed by atoms with E-state index in [1.54, 1.807) is 0 Å². The average Bonchev–Trinajstić information content (AvgIpc) is 2.46. The minimum atomic E-state index is -0.376. The molecule has 0 bridgehead atoms. The normalized spacial score (nSPS) is 30.9. The minimum Gasteiger partial charge on any atom is -0.391 e. The van der Waals surface area contributed by atoms with Gasteiger partial charge >= 0.3 is 6.03 Å². The molecule has 0 aromatic carbocycles. The predicted molar refractivity (Wildman–Crippen MR) is 84.3 cm³/mol. The van der Waals surface area contributed by atoms with E-state index in [1.807, 2.05) is 0 Å². The topological polar surface area (TPSA) is 64.6 Å². The number of piperidine rings is 1. The van der Waals surface area contributed by atoms with Crippen molar-refractivity contribution < 1.29 is 9.90 Å². The Bertz CT molecular complexity index is 325. The van der Waals surface area contributed by atoms with Crippen LogP contribution in [0, 0.1) is 5.92 Å². The summed E-state index contributed by atoms with van der Waals surface area (Å²) in [5, 5.41) is 15.6. The third kappa shape index (κ3) is 5.83. The van der Waals surface area contributed by atoms with Gasteiger partial charge in [0.25, 0.3) is 0 Å². The maximum atomic E-state index is 11.8. The molecule has 2 aliphatic rings. The molecular formula is C16H31N3O2. The number of aliphatic hydroxyl groups is 1. The van der Waals surface area contributed by atoms with E-state index in [0.29, 0.717) is 6.54 Å². The van der Waals surface area contributed by atoms with Gasteiger partial charge < -0.3 is 20.6 Å². The van der Waals surface area contributed by atoms with E-state index in [4.69, 9.17) is 0 Å². The van der Waals surface area contributed by atoms with E-state index in [1.165, 1.54) is 25.9 Å². The molecule has 3 atom stereocenters. The zero-order valence-electron chi connectivity index (χ0n) is 13.3. The van der Waals surface area contributed by atoms with Crippen LogP contribution in [0.5, 0.6) is 0 Å². The van der Waals surface area contributed by atoms with E-state index in [9.17, 15) is 9.90 Å². The molecule has 2 rings (SSSR count). The van der Waals surface area contributed by atoms with Crippen molar-refractivity contribution in [1.82, 2.24) is 15.5 Å². The Morgan fingerprint density at radius 1 is 1.24 bits per heavy atom. The Hall–Kier alpha value is -0.810. The molecule has 122 valence electrons. The van der Waals surface area contributed by atoms with Crippen molar-refractivity contribution in [3.05, 3.63) is 0 Å². The molecule has 3 unspecified atom stereocenters. The summed E-state index contributed by atoms with van der Waals surface area (Å²) >= 11 is 0. The molecule has 1 heterocycles. The molecule has 1 saturated carbocycles. The molecule has 0 aromatic heterocycles. The monoisotopic (exact) mass is 297 g/mol. The molecule has 2 fully saturated rings. The molecule has 1 saturated heterocycles. The number of hydrogen-bond donors (Lipinski definition) is 3. The molecule has 1 aliphatic carbocycles. The number of aliphatic hydroxyl groups excluding tert-OH is 1. The summed E-state index contributed by atoms with van der Waals surface area (Å²) in [4.78, 5) is 14.3. The van der Waals surface area contributed by atoms with Gasteiger partial charge in [-0.2, -0.15) is 0 Å². The van der Waals surface area contributed by atoms with Crippen LogP contribution in [-0.4, -0.2) is 54.4 Å². The molecule has 1 aliphatic heterocycles. The number of nitrogens with one attached hydrogen (secondary N) is 2. The zero-order valence-corrected chi connectivity index (χ0v) is 13.3. The second-order valence-corrected chi connectivity index (χ2v) is 6.76. The van der Waals surface area contributed by atoms with Crippen LogP contribution in [0.4, 0.5) is 4.79 Å². The van der Waals surface area contributed by atoms with Crippen molar-refractivity contribution in [3.8, 4) is 0 Å². The first-order valence-electron chi connectivity index (χ1n) is 8.60. The van der Waals surface area contributed by atoms with Gasteiger partial charge in [-0.3, -0.25) is 0 Å². The van der Waals surface area contributed by atoms with E-state index in [-0.39, 0.29) is 18.2 Å². The molecule has 3 N–H and O–H groups in total. The van der Waals surface area contributed by atoms with Crippen molar-refractivity contribution in [3.63, 3.8) is 0 Å². The Morgan fingerprint density at radius 3 is 2.81 bits per heavy atom. The Morgan fingerprint density at radius 2 is 2.05 bits per heavy atom. The number of hydrogen-bond acceptors (Lipinski definition) is 3. The Balaban J connectivity index is 1.54. The molecule has 0 radical (unpaired) electrons. The van der Waals surface area contributed by atoms with Crippen LogP contribution in [0.15, 0.2) is 0 Å². The Labute approximate surface area is 128 Å². The smallest absolute Gasteiger partial charge is 0.315 e. The van der Waals surface area contributed by atoms with Crippen LogP contribution in [0.1, 0.15) is 51.9 Å². The first-order chi connectivity index (χ1) is 10.1. The van der Waals surface area contributed by atoms with Crippen LogP contribution in [0.3, 0.4) is 0 Å².